The molecule has 18 heavy (non-hydrogen) atoms. The highest BCUT2D eigenvalue weighted by Gasteiger charge is 2.41. The molecular weight excluding hydrogens is 234 g/mol. The third-order valence-corrected chi connectivity index (χ3v) is 3.04. The first-order valence-corrected chi connectivity index (χ1v) is 5.86. The lowest BCUT2D eigenvalue weighted by atomic mass is 9.88. The molecule has 1 saturated heterocycles. The number of carbonyl (C=O) groups excluding carboxylic acids is 1. The van der Waals surface area contributed by atoms with Crippen LogP contribution >= 0.6 is 0 Å². The molecule has 2 atom stereocenters. The minimum atomic E-state index is -1.09. The molecule has 0 radical (unpaired) electrons. The van der Waals surface area contributed by atoms with E-state index in [0.717, 1.165) is 5.56 Å². The minimum Gasteiger partial charge on any atom is -0.494 e. The van der Waals surface area contributed by atoms with Gasteiger partial charge in [0, 0.05) is 12.5 Å². The molecule has 1 fully saturated rings. The smallest absolute Gasteiger partial charge is 0.316 e. The molecule has 1 aromatic carbocycles. The van der Waals surface area contributed by atoms with E-state index in [9.17, 15) is 9.59 Å². The van der Waals surface area contributed by atoms with Gasteiger partial charge in [-0.1, -0.05) is 12.1 Å². The van der Waals surface area contributed by atoms with Crippen molar-refractivity contribution in [3.63, 3.8) is 0 Å². The summed E-state index contributed by atoms with van der Waals surface area (Å²) in [5.41, 5.74) is 0.812. The number of benzene rings is 1. The molecule has 5 nitrogen and oxygen atoms in total. The van der Waals surface area contributed by atoms with Crippen LogP contribution < -0.4 is 10.1 Å². The fourth-order valence-electron chi connectivity index (χ4n) is 2.22. The van der Waals surface area contributed by atoms with E-state index >= 15 is 0 Å². The number of nitrogens with one attached hydrogen (secondary N) is 1. The van der Waals surface area contributed by atoms with E-state index in [2.05, 4.69) is 5.32 Å². The molecule has 0 aromatic heterocycles. The zero-order valence-electron chi connectivity index (χ0n) is 10.1. The van der Waals surface area contributed by atoms with Gasteiger partial charge in [-0.05, 0) is 24.6 Å². The van der Waals surface area contributed by atoms with Crippen molar-refractivity contribution in [1.82, 2.24) is 5.32 Å². The number of carboxylic acid groups (broad SMARTS) is 1. The Morgan fingerprint density at radius 2 is 2.33 bits per heavy atom. The SMILES string of the molecule is CCOc1cccc([C@H]2CNC(=O)[C@H]2C(=O)O)c1. The molecule has 1 aliphatic rings. The lowest BCUT2D eigenvalue weighted by Crippen LogP contribution is -2.26. The second kappa shape index (κ2) is 5.08. The maximum Gasteiger partial charge on any atom is 0.316 e. The lowest BCUT2D eigenvalue weighted by Gasteiger charge is -2.14. The van der Waals surface area contributed by atoms with Crippen LogP contribution in [0, 0.1) is 5.92 Å². The summed E-state index contributed by atoms with van der Waals surface area (Å²) in [6.07, 6.45) is 0. The molecule has 2 N–H and O–H groups in total. The number of ether oxygens (including phenoxy) is 1. The largest absolute Gasteiger partial charge is 0.494 e. The summed E-state index contributed by atoms with van der Waals surface area (Å²) in [6.45, 7) is 2.78. The summed E-state index contributed by atoms with van der Waals surface area (Å²) in [6, 6.07) is 7.24. The maximum atomic E-state index is 11.5. The molecule has 0 saturated carbocycles. The maximum absolute atomic E-state index is 11.5. The fourth-order valence-corrected chi connectivity index (χ4v) is 2.22. The van der Waals surface area contributed by atoms with E-state index in [1.54, 1.807) is 6.07 Å². The summed E-state index contributed by atoms with van der Waals surface area (Å²) in [4.78, 5) is 22.6. The second-order valence-corrected chi connectivity index (χ2v) is 4.17. The van der Waals surface area contributed by atoms with E-state index < -0.39 is 17.8 Å². The van der Waals surface area contributed by atoms with Crippen LogP contribution in [0.4, 0.5) is 0 Å². The Morgan fingerprint density at radius 1 is 1.56 bits per heavy atom. The van der Waals surface area contributed by atoms with Crippen molar-refractivity contribution in [1.29, 1.82) is 0 Å². The first-order valence-electron chi connectivity index (χ1n) is 5.86. The molecule has 1 amide bonds. The average Bonchev–Trinajstić information content (AvgIpc) is 2.72. The zero-order valence-corrected chi connectivity index (χ0v) is 10.1. The normalized spacial score (nSPS) is 22.6. The summed E-state index contributed by atoms with van der Waals surface area (Å²) in [7, 11) is 0. The van der Waals surface area contributed by atoms with Crippen molar-refractivity contribution in [2.24, 2.45) is 5.92 Å². The predicted octanol–water partition coefficient (Wildman–Crippen LogP) is 0.999. The van der Waals surface area contributed by atoms with E-state index in [-0.39, 0.29) is 5.92 Å². The standard InChI is InChI=1S/C13H15NO4/c1-2-18-9-5-3-4-8(6-9)10-7-14-12(15)11(10)13(16)17/h3-6,10-11H,2,7H2,1H3,(H,14,15)(H,16,17)/t10-,11+/m1/s1. The van der Waals surface area contributed by atoms with Gasteiger partial charge in [0.2, 0.25) is 5.91 Å². The first-order chi connectivity index (χ1) is 8.63. The topological polar surface area (TPSA) is 75.6 Å². The minimum absolute atomic E-state index is 0.338. The highest BCUT2D eigenvalue weighted by Crippen LogP contribution is 2.31. The van der Waals surface area contributed by atoms with Crippen LogP contribution in [0.15, 0.2) is 24.3 Å². The van der Waals surface area contributed by atoms with E-state index in [1.165, 1.54) is 0 Å². The molecule has 5 heteroatoms. The molecule has 0 bridgehead atoms. The van der Waals surface area contributed by atoms with Crippen LogP contribution in [-0.2, 0) is 9.59 Å². The highest BCUT2D eigenvalue weighted by molar-refractivity contribution is 5.99. The Kier molecular flexibility index (Phi) is 3.50. The number of hydrogen-bond donors (Lipinski definition) is 2. The van der Waals surface area contributed by atoms with Crippen molar-refractivity contribution in [3.8, 4) is 5.75 Å². The van der Waals surface area contributed by atoms with Gasteiger partial charge in [-0.25, -0.2) is 0 Å². The second-order valence-electron chi connectivity index (χ2n) is 4.17. The van der Waals surface area contributed by atoms with Crippen molar-refractivity contribution < 1.29 is 19.4 Å². The average molecular weight is 249 g/mol. The molecule has 0 aliphatic carbocycles. The summed E-state index contributed by atoms with van der Waals surface area (Å²) < 4.78 is 5.38. The number of hydrogen-bond acceptors (Lipinski definition) is 3. The quantitative estimate of drug-likeness (QED) is 0.780. The van der Waals surface area contributed by atoms with Gasteiger partial charge < -0.3 is 15.2 Å². The summed E-state index contributed by atoms with van der Waals surface area (Å²) in [5, 5.41) is 11.7. The predicted molar refractivity (Wildman–Crippen MR) is 64.5 cm³/mol. The van der Waals surface area contributed by atoms with Crippen LogP contribution in [0.2, 0.25) is 0 Å². The van der Waals surface area contributed by atoms with Crippen LogP contribution in [-0.4, -0.2) is 30.1 Å². The number of aliphatic carboxylic acids is 1. The van der Waals surface area contributed by atoms with Crippen LogP contribution in [0.3, 0.4) is 0 Å². The van der Waals surface area contributed by atoms with Gasteiger partial charge in [-0.2, -0.15) is 0 Å². The number of carbonyl (C=O) groups is 2. The fraction of sp³-hybridized carbons (Fsp3) is 0.385. The molecule has 2 rings (SSSR count). The lowest BCUT2D eigenvalue weighted by molar-refractivity contribution is -0.145. The Labute approximate surface area is 105 Å². The Balaban J connectivity index is 2.27. The molecule has 0 unspecified atom stereocenters. The van der Waals surface area contributed by atoms with Gasteiger partial charge in [0.15, 0.2) is 0 Å². The third kappa shape index (κ3) is 2.30. The third-order valence-electron chi connectivity index (χ3n) is 3.04. The van der Waals surface area contributed by atoms with E-state index in [0.29, 0.717) is 18.9 Å². The van der Waals surface area contributed by atoms with Crippen LogP contribution in [0.5, 0.6) is 5.75 Å². The van der Waals surface area contributed by atoms with E-state index in [4.69, 9.17) is 9.84 Å². The molecule has 1 aromatic rings. The number of rotatable bonds is 4. The van der Waals surface area contributed by atoms with Crippen molar-refractivity contribution in [3.05, 3.63) is 29.8 Å². The van der Waals surface area contributed by atoms with Gasteiger partial charge in [0.1, 0.15) is 11.7 Å². The molecule has 1 heterocycles. The molecular formula is C13H15NO4. The van der Waals surface area contributed by atoms with Crippen LogP contribution in [0.25, 0.3) is 0 Å². The molecule has 1 aliphatic heterocycles. The molecule has 0 spiro atoms. The van der Waals surface area contributed by atoms with Crippen molar-refractivity contribution in [2.45, 2.75) is 12.8 Å². The highest BCUT2D eigenvalue weighted by atomic mass is 16.5. The number of amides is 1. The zero-order chi connectivity index (χ0) is 13.1. The summed E-state index contributed by atoms with van der Waals surface area (Å²) in [5.74, 6) is -2.16. The van der Waals surface area contributed by atoms with Gasteiger partial charge >= 0.3 is 5.97 Å². The van der Waals surface area contributed by atoms with Gasteiger partial charge in [0.05, 0.1) is 6.61 Å². The monoisotopic (exact) mass is 249 g/mol. The van der Waals surface area contributed by atoms with Crippen molar-refractivity contribution >= 4 is 11.9 Å². The van der Waals surface area contributed by atoms with Gasteiger partial charge in [-0.15, -0.1) is 0 Å². The van der Waals surface area contributed by atoms with Gasteiger partial charge in [-0.3, -0.25) is 9.59 Å². The summed E-state index contributed by atoms with van der Waals surface area (Å²) >= 11 is 0. The Morgan fingerprint density at radius 3 is 3.00 bits per heavy atom. The molecule has 96 valence electrons. The van der Waals surface area contributed by atoms with E-state index in [1.807, 2.05) is 25.1 Å². The van der Waals surface area contributed by atoms with Gasteiger partial charge in [0.25, 0.3) is 0 Å². The Hall–Kier alpha value is -2.04. The van der Waals surface area contributed by atoms with Crippen molar-refractivity contribution in [2.75, 3.05) is 13.2 Å². The Bertz CT molecular complexity index is 472. The first kappa shape index (κ1) is 12.4. The number of carboxylic acids is 1. The van der Waals surface area contributed by atoms with Crippen LogP contribution in [0.1, 0.15) is 18.4 Å².